The number of nitrogens with zero attached hydrogens (tertiary/aromatic N) is 2. The Labute approximate surface area is 210 Å². The van der Waals surface area contributed by atoms with E-state index in [0.717, 1.165) is 36.4 Å². The molecule has 2 heterocycles. The van der Waals surface area contributed by atoms with Gasteiger partial charge in [-0.05, 0) is 56.7 Å². The number of benzene rings is 1. The first-order chi connectivity index (χ1) is 16.4. The molecule has 1 aromatic heterocycles. The van der Waals surface area contributed by atoms with E-state index in [0.29, 0.717) is 47.0 Å². The van der Waals surface area contributed by atoms with Crippen molar-refractivity contribution in [2.75, 3.05) is 19.7 Å². The van der Waals surface area contributed by atoms with Gasteiger partial charge in [0, 0.05) is 40.7 Å². The summed E-state index contributed by atoms with van der Waals surface area (Å²) in [6, 6.07) is 3.74. The smallest absolute Gasteiger partial charge is 0.325 e. The highest BCUT2D eigenvalue weighted by Gasteiger charge is 2.38. The van der Waals surface area contributed by atoms with Gasteiger partial charge in [-0.3, -0.25) is 9.59 Å². The van der Waals surface area contributed by atoms with Crippen LogP contribution in [0, 0.1) is 18.2 Å². The third kappa shape index (κ3) is 5.06. The van der Waals surface area contributed by atoms with Crippen LogP contribution >= 0.6 is 11.8 Å². The maximum Gasteiger partial charge on any atom is 0.325 e. The van der Waals surface area contributed by atoms with Crippen LogP contribution in [0.1, 0.15) is 61.8 Å². The molecule has 0 bridgehead atoms. The van der Waals surface area contributed by atoms with Crippen molar-refractivity contribution in [2.24, 2.45) is 5.41 Å². The van der Waals surface area contributed by atoms with Gasteiger partial charge in [-0.15, -0.1) is 0 Å². The molecular formula is C25H31FN2O5S2. The van der Waals surface area contributed by atoms with Crippen LogP contribution < -0.4 is 0 Å². The van der Waals surface area contributed by atoms with Gasteiger partial charge < -0.3 is 9.30 Å². The number of Topliss-reactive ketones (excluding diaryl/α,β-unsaturated/α-hetero) is 1. The molecule has 0 atom stereocenters. The number of rotatable bonds is 7. The Morgan fingerprint density at radius 1 is 1.20 bits per heavy atom. The minimum absolute atomic E-state index is 0.0335. The lowest BCUT2D eigenvalue weighted by Gasteiger charge is -2.30. The molecule has 0 saturated carbocycles. The first-order valence-corrected chi connectivity index (χ1v) is 14.1. The topological polar surface area (TPSA) is 85.7 Å². The lowest BCUT2D eigenvalue weighted by atomic mass is 9.76. The van der Waals surface area contributed by atoms with Crippen LogP contribution in [0.2, 0.25) is 0 Å². The number of hydrogen-bond donors (Lipinski definition) is 0. The second-order valence-electron chi connectivity index (χ2n) is 9.87. The predicted molar refractivity (Wildman–Crippen MR) is 131 cm³/mol. The van der Waals surface area contributed by atoms with Gasteiger partial charge in [0.05, 0.1) is 17.1 Å². The van der Waals surface area contributed by atoms with Crippen molar-refractivity contribution < 1.29 is 27.1 Å². The van der Waals surface area contributed by atoms with E-state index in [9.17, 15) is 22.4 Å². The van der Waals surface area contributed by atoms with Crippen LogP contribution in [0.15, 0.2) is 32.9 Å². The van der Waals surface area contributed by atoms with Crippen molar-refractivity contribution in [3.05, 3.63) is 41.0 Å². The molecule has 0 amide bonds. The Morgan fingerprint density at radius 3 is 2.54 bits per heavy atom. The molecule has 190 valence electrons. The number of ketones is 1. The second kappa shape index (κ2) is 9.71. The average molecular weight is 523 g/mol. The SMILES string of the molecule is CCOC(=O)Cn1c(C)c(Sc2ccc(F)cc2S(=O)(=O)N2CCCC2)c2c1CC(C)(C)CC2=O. The van der Waals surface area contributed by atoms with Crippen molar-refractivity contribution in [3.63, 3.8) is 0 Å². The van der Waals surface area contributed by atoms with E-state index in [2.05, 4.69) is 0 Å². The molecule has 7 nitrogen and oxygen atoms in total. The number of aromatic nitrogens is 1. The van der Waals surface area contributed by atoms with E-state index in [4.69, 9.17) is 4.74 Å². The van der Waals surface area contributed by atoms with Crippen LogP contribution in [-0.4, -0.2) is 48.7 Å². The first-order valence-electron chi connectivity index (χ1n) is 11.8. The molecule has 1 aliphatic heterocycles. The molecule has 0 unspecified atom stereocenters. The Kier molecular flexibility index (Phi) is 7.19. The molecule has 2 aromatic rings. The highest BCUT2D eigenvalue weighted by Crippen LogP contribution is 2.45. The zero-order chi connectivity index (χ0) is 25.5. The number of hydrogen-bond acceptors (Lipinski definition) is 6. The maximum absolute atomic E-state index is 14.2. The fourth-order valence-electron chi connectivity index (χ4n) is 4.90. The van der Waals surface area contributed by atoms with Gasteiger partial charge in [-0.1, -0.05) is 25.6 Å². The zero-order valence-corrected chi connectivity index (χ0v) is 22.2. The standard InChI is InChI=1S/C25H31FN2O5S2/c1-5-33-22(30)15-28-16(2)24(23-18(28)13-25(3,4)14-19(23)29)34-20-9-8-17(26)12-21(20)35(31,32)27-10-6-7-11-27/h8-9,12H,5-7,10-11,13-15H2,1-4H3. The van der Waals surface area contributed by atoms with Crippen LogP contribution in [-0.2, 0) is 32.5 Å². The third-order valence-electron chi connectivity index (χ3n) is 6.53. The summed E-state index contributed by atoms with van der Waals surface area (Å²) in [5.74, 6) is -1.08. The molecule has 35 heavy (non-hydrogen) atoms. The van der Waals surface area contributed by atoms with E-state index in [1.807, 2.05) is 25.3 Å². The Hall–Kier alpha value is -2.17. The van der Waals surface area contributed by atoms with Crippen molar-refractivity contribution >= 4 is 33.5 Å². The van der Waals surface area contributed by atoms with Gasteiger partial charge in [0.25, 0.3) is 0 Å². The van der Waals surface area contributed by atoms with Crippen LogP contribution in [0.25, 0.3) is 0 Å². The minimum atomic E-state index is -3.89. The molecule has 2 aliphatic rings. The number of fused-ring (bicyclic) bond motifs is 1. The summed E-state index contributed by atoms with van der Waals surface area (Å²) >= 11 is 1.15. The fourth-order valence-corrected chi connectivity index (χ4v) is 8.05. The number of sulfonamides is 1. The van der Waals surface area contributed by atoms with Crippen LogP contribution in [0.3, 0.4) is 0 Å². The molecule has 4 rings (SSSR count). The summed E-state index contributed by atoms with van der Waals surface area (Å²) in [4.78, 5) is 26.5. The van der Waals surface area contributed by atoms with E-state index < -0.39 is 21.8 Å². The summed E-state index contributed by atoms with van der Waals surface area (Å²) in [5, 5.41) is 0. The molecule has 0 spiro atoms. The van der Waals surface area contributed by atoms with Gasteiger partial charge in [0.1, 0.15) is 12.4 Å². The van der Waals surface area contributed by atoms with Crippen LogP contribution in [0.4, 0.5) is 4.39 Å². The van der Waals surface area contributed by atoms with E-state index in [1.165, 1.54) is 16.4 Å². The number of carbonyl (C=O) groups excluding carboxylic acids is 2. The van der Waals surface area contributed by atoms with Gasteiger partial charge in [0.15, 0.2) is 5.78 Å². The lowest BCUT2D eigenvalue weighted by molar-refractivity contribution is -0.143. The molecular weight excluding hydrogens is 491 g/mol. The van der Waals surface area contributed by atoms with Gasteiger partial charge in [-0.25, -0.2) is 12.8 Å². The summed E-state index contributed by atoms with van der Waals surface area (Å²) in [7, 11) is -3.89. The van der Waals surface area contributed by atoms with Crippen molar-refractivity contribution in [1.82, 2.24) is 8.87 Å². The van der Waals surface area contributed by atoms with Crippen molar-refractivity contribution in [1.29, 1.82) is 0 Å². The molecule has 10 heteroatoms. The van der Waals surface area contributed by atoms with Gasteiger partial charge in [-0.2, -0.15) is 4.31 Å². The molecule has 1 aliphatic carbocycles. The van der Waals surface area contributed by atoms with E-state index in [-0.39, 0.29) is 29.2 Å². The summed E-state index contributed by atoms with van der Waals surface area (Å²) < 4.78 is 49.3. The first kappa shape index (κ1) is 25.9. The number of esters is 1. The maximum atomic E-state index is 14.2. The normalized spacial score (nSPS) is 18.0. The van der Waals surface area contributed by atoms with E-state index >= 15 is 0 Å². The Morgan fingerprint density at radius 2 is 1.89 bits per heavy atom. The summed E-state index contributed by atoms with van der Waals surface area (Å²) in [6.07, 6.45) is 2.48. The molecule has 0 N–H and O–H groups in total. The molecule has 0 radical (unpaired) electrons. The lowest BCUT2D eigenvalue weighted by Crippen LogP contribution is -2.29. The highest BCUT2D eigenvalue weighted by atomic mass is 32.2. The zero-order valence-electron chi connectivity index (χ0n) is 20.5. The fraction of sp³-hybridized carbons (Fsp3) is 0.520. The monoisotopic (exact) mass is 522 g/mol. The summed E-state index contributed by atoms with van der Waals surface area (Å²) in [6.45, 7) is 8.60. The minimum Gasteiger partial charge on any atom is -0.465 e. The molecule has 1 aromatic carbocycles. The number of carbonyl (C=O) groups is 2. The van der Waals surface area contributed by atoms with Gasteiger partial charge >= 0.3 is 5.97 Å². The highest BCUT2D eigenvalue weighted by molar-refractivity contribution is 8.00. The molecule has 1 saturated heterocycles. The number of halogens is 1. The second-order valence-corrected chi connectivity index (χ2v) is 12.8. The number of ether oxygens (including phenoxy) is 1. The quantitative estimate of drug-likeness (QED) is 0.495. The average Bonchev–Trinajstić information content (AvgIpc) is 3.39. The van der Waals surface area contributed by atoms with Crippen molar-refractivity contribution in [3.8, 4) is 0 Å². The summed E-state index contributed by atoms with van der Waals surface area (Å²) in [5.41, 5.74) is 1.69. The molecule has 1 fully saturated rings. The third-order valence-corrected chi connectivity index (χ3v) is 9.88. The van der Waals surface area contributed by atoms with Crippen LogP contribution in [0.5, 0.6) is 0 Å². The Balaban J connectivity index is 1.83. The predicted octanol–water partition coefficient (Wildman–Crippen LogP) is 4.59. The van der Waals surface area contributed by atoms with E-state index in [1.54, 1.807) is 6.92 Å². The largest absolute Gasteiger partial charge is 0.465 e. The van der Waals surface area contributed by atoms with Crippen molar-refractivity contribution in [2.45, 2.75) is 74.6 Å². The van der Waals surface area contributed by atoms with Gasteiger partial charge in [0.2, 0.25) is 10.0 Å². The Bertz CT molecular complexity index is 1280.